The fraction of sp³-hybridized carbons (Fsp3) is 0.672. The van der Waals surface area contributed by atoms with Crippen LogP contribution in [0.3, 0.4) is 0 Å². The topological polar surface area (TPSA) is 765 Å². The van der Waals surface area contributed by atoms with Crippen molar-refractivity contribution in [3.63, 3.8) is 0 Å². The number of H-pyrrole nitrogens is 1. The number of hydrogen-bond donors (Lipinski definition) is 27. The zero-order chi connectivity index (χ0) is 80.0. The van der Waals surface area contributed by atoms with Crippen molar-refractivity contribution in [2.24, 2.45) is 34.4 Å². The Morgan fingerprint density at radius 3 is 1.13 bits per heavy atom. The molecule has 1 heterocycles. The smallest absolute Gasteiger partial charge is 0.328 e. The zero-order valence-electron chi connectivity index (χ0n) is 59.1. The minimum absolute atomic E-state index is 0.107. The van der Waals surface area contributed by atoms with Crippen molar-refractivity contribution in [1.82, 2.24) is 84.4 Å². The number of aliphatic hydroxyl groups excluding tert-OH is 4. The number of hydrogen-bond acceptors (Lipinski definition) is 27. The first-order chi connectivity index (χ1) is 50.2. The van der Waals surface area contributed by atoms with Gasteiger partial charge >= 0.3 is 11.9 Å². The summed E-state index contributed by atoms with van der Waals surface area (Å²) in [6, 6.07) is -20.8. The number of imidazole rings is 1. The number of nitrogens with zero attached hydrogens (tertiary/aromatic N) is 1. The lowest BCUT2D eigenvalue weighted by atomic mass is 10.0. The van der Waals surface area contributed by atoms with Gasteiger partial charge in [0.2, 0.25) is 88.6 Å². The SMILES string of the molecule is CC(NC(=O)CNC(=O)C(N)CO)C(=O)NC(CCC(=O)O)C(=O)NC(CCCCN)C(=O)NC(CO)C(=O)NC(CCCCN)C(=O)NC(CCCCN)C(=O)NC(CCCCN)C(=O)NCC(=O)NC(CO)C(=O)NC(CC(N)=O)C(=O)NC(C)C(=O)NC(Cc1cnc[nH]1)C(=O)NC(CO)C(=O)O. The third-order valence-corrected chi connectivity index (χ3v) is 15.6. The fourth-order valence-corrected chi connectivity index (χ4v) is 9.55. The predicted molar refractivity (Wildman–Crippen MR) is 369 cm³/mol. The summed E-state index contributed by atoms with van der Waals surface area (Å²) < 4.78 is 0. The number of aliphatic carboxylic acids is 2. The Morgan fingerprint density at radius 2 is 0.736 bits per heavy atom. The molecule has 0 bridgehead atoms. The quantitative estimate of drug-likeness (QED) is 0.0269. The van der Waals surface area contributed by atoms with Crippen LogP contribution >= 0.6 is 0 Å². The average molecular weight is 1520 g/mol. The Bertz CT molecular complexity index is 3060. The van der Waals surface area contributed by atoms with E-state index >= 15 is 0 Å². The number of carbonyl (C=O) groups excluding carboxylic acids is 15. The molecule has 0 saturated heterocycles. The lowest BCUT2D eigenvalue weighted by molar-refractivity contribution is -0.143. The molecule has 0 saturated carbocycles. The van der Waals surface area contributed by atoms with Gasteiger partial charge in [-0.05, 0) is 123 Å². The number of carbonyl (C=O) groups is 17. The van der Waals surface area contributed by atoms with Crippen LogP contribution in [0.25, 0.3) is 0 Å². The van der Waals surface area contributed by atoms with Crippen LogP contribution in [-0.2, 0) is 87.9 Å². The summed E-state index contributed by atoms with van der Waals surface area (Å²) in [6.07, 6.45) is 1.70. The molecule has 1 aromatic heterocycles. The van der Waals surface area contributed by atoms with Crippen molar-refractivity contribution in [3.05, 3.63) is 18.2 Å². The Morgan fingerprint density at radius 1 is 0.396 bits per heavy atom. The molecule has 15 amide bonds. The van der Waals surface area contributed by atoms with Crippen LogP contribution in [0.2, 0.25) is 0 Å². The van der Waals surface area contributed by atoms with Gasteiger partial charge in [0, 0.05) is 24.7 Å². The summed E-state index contributed by atoms with van der Waals surface area (Å²) in [7, 11) is 0. The Kier molecular flexibility index (Phi) is 46.0. The van der Waals surface area contributed by atoms with Gasteiger partial charge in [0.25, 0.3) is 0 Å². The molecular weight excluding hydrogens is 1410 g/mol. The molecule has 1 rings (SSSR count). The van der Waals surface area contributed by atoms with E-state index in [0.29, 0.717) is 31.4 Å². The van der Waals surface area contributed by atoms with E-state index in [9.17, 15) is 107 Å². The van der Waals surface area contributed by atoms with Gasteiger partial charge < -0.3 is 144 Å². The van der Waals surface area contributed by atoms with Crippen molar-refractivity contribution in [2.75, 3.05) is 65.7 Å². The van der Waals surface area contributed by atoms with Crippen molar-refractivity contribution in [1.29, 1.82) is 0 Å². The van der Waals surface area contributed by atoms with Gasteiger partial charge in [0.15, 0.2) is 0 Å². The van der Waals surface area contributed by atoms with E-state index in [4.69, 9.17) is 39.5 Å². The third kappa shape index (κ3) is 37.0. The number of rotatable bonds is 56. The number of aromatic amines is 1. The summed E-state index contributed by atoms with van der Waals surface area (Å²) in [5.74, 6) is -18.8. The van der Waals surface area contributed by atoms with E-state index in [-0.39, 0.29) is 84.0 Å². The lowest BCUT2D eigenvalue weighted by Crippen LogP contribution is -2.60. The van der Waals surface area contributed by atoms with Crippen LogP contribution in [0.5, 0.6) is 0 Å². The number of nitrogens with two attached hydrogens (primary N) is 6. The van der Waals surface area contributed by atoms with E-state index in [0.717, 1.165) is 6.92 Å². The van der Waals surface area contributed by atoms with E-state index in [1.54, 1.807) is 0 Å². The van der Waals surface area contributed by atoms with Crippen molar-refractivity contribution >= 4 is 101 Å². The molecule has 0 spiro atoms. The standard InChI is InChI=1S/C61H106N22O23/c1-31(72-46(89)24-69-51(95)34(66)26-84)49(93)75-39(15-16-48(91)92)56(100)78-38(14-6-10-20-65)55(99)82-43(28-86)60(104)79-37(13-5-9-19-64)54(98)77-36(12-4-8-18-63)53(97)76-35(11-3-7-17-62)52(96)70-25-47(90)74-42(27-85)59(103)81-41(22-45(67)88)57(101)73-32(2)50(94)80-40(21-33-23-68-30-71-33)58(102)83-44(29-87)61(105)106/h23,30-32,34-44,84-87H,3-22,24-29,62-66H2,1-2H3,(H2,67,88)(H,68,71)(H,69,95)(H,70,96)(H,72,89)(H,73,101)(H,74,90)(H,75,93)(H,76,97)(H,77,98)(H,78,100)(H,79,104)(H,80,94)(H,81,103)(H,82,99)(H,83,102)(H,91,92)(H,105,106). The molecule has 45 heteroatoms. The van der Waals surface area contributed by atoms with E-state index < -0.39 is 238 Å². The maximum absolute atomic E-state index is 14.3. The predicted octanol–water partition coefficient (Wildman–Crippen LogP) is -13.3. The molecule has 13 atom stereocenters. The second kappa shape index (κ2) is 51.9. The number of unbranched alkanes of at least 4 members (excludes halogenated alkanes) is 4. The van der Waals surface area contributed by atoms with Gasteiger partial charge in [-0.3, -0.25) is 76.7 Å². The fourth-order valence-electron chi connectivity index (χ4n) is 9.55. The Labute approximate surface area is 608 Å². The number of primary amides is 1. The number of carboxylic acid groups (broad SMARTS) is 2. The Balaban J connectivity index is 3.37. The molecule has 1 aromatic rings. The van der Waals surface area contributed by atoms with Gasteiger partial charge in [-0.15, -0.1) is 0 Å². The van der Waals surface area contributed by atoms with Gasteiger partial charge in [-0.25, -0.2) is 9.78 Å². The van der Waals surface area contributed by atoms with Crippen LogP contribution < -0.4 is 109 Å². The molecule has 598 valence electrons. The molecule has 0 aliphatic carbocycles. The van der Waals surface area contributed by atoms with Crippen molar-refractivity contribution < 1.29 is 112 Å². The van der Waals surface area contributed by atoms with Gasteiger partial charge in [-0.2, -0.15) is 0 Å². The third-order valence-electron chi connectivity index (χ3n) is 15.6. The highest BCUT2D eigenvalue weighted by Crippen LogP contribution is 2.11. The molecule has 13 unspecified atom stereocenters. The number of nitrogens with one attached hydrogen (secondary N) is 15. The van der Waals surface area contributed by atoms with Crippen LogP contribution in [0.1, 0.15) is 116 Å². The second-order valence-electron chi connectivity index (χ2n) is 24.3. The monoisotopic (exact) mass is 1510 g/mol. The highest BCUT2D eigenvalue weighted by atomic mass is 16.4. The highest BCUT2D eigenvalue weighted by molar-refractivity contribution is 6.00. The Hall–Kier alpha value is -10.2. The zero-order valence-corrected chi connectivity index (χ0v) is 59.1. The van der Waals surface area contributed by atoms with Gasteiger partial charge in [0.1, 0.15) is 78.5 Å². The number of aliphatic hydroxyl groups is 4. The second-order valence-corrected chi connectivity index (χ2v) is 24.3. The van der Waals surface area contributed by atoms with Crippen LogP contribution in [0.4, 0.5) is 0 Å². The average Bonchev–Trinajstić information content (AvgIpc) is 1.02. The lowest BCUT2D eigenvalue weighted by Gasteiger charge is -2.27. The molecule has 45 nitrogen and oxygen atoms in total. The molecule has 106 heavy (non-hydrogen) atoms. The first kappa shape index (κ1) is 93.9. The molecule has 0 fully saturated rings. The molecule has 0 radical (unpaired) electrons. The maximum atomic E-state index is 14.3. The molecule has 33 N–H and O–H groups in total. The van der Waals surface area contributed by atoms with E-state index in [2.05, 4.69) is 84.4 Å². The summed E-state index contributed by atoms with van der Waals surface area (Å²) in [4.78, 5) is 230. The first-order valence-corrected chi connectivity index (χ1v) is 34.1. The highest BCUT2D eigenvalue weighted by Gasteiger charge is 2.37. The van der Waals surface area contributed by atoms with Crippen molar-refractivity contribution in [2.45, 2.75) is 195 Å². The molecule has 0 aliphatic rings. The minimum Gasteiger partial charge on any atom is -0.481 e. The maximum Gasteiger partial charge on any atom is 0.328 e. The van der Waals surface area contributed by atoms with Crippen LogP contribution in [0.15, 0.2) is 12.5 Å². The first-order valence-electron chi connectivity index (χ1n) is 34.1. The van der Waals surface area contributed by atoms with Gasteiger partial charge in [-0.1, -0.05) is 0 Å². The van der Waals surface area contributed by atoms with Crippen LogP contribution in [0, 0.1) is 0 Å². The molecule has 0 aromatic carbocycles. The summed E-state index contributed by atoms with van der Waals surface area (Å²) >= 11 is 0. The molecule has 0 aliphatic heterocycles. The summed E-state index contributed by atoms with van der Waals surface area (Å²) in [5, 5.41) is 90.2. The summed E-state index contributed by atoms with van der Waals surface area (Å²) in [6.45, 7) is -2.69. The van der Waals surface area contributed by atoms with Crippen molar-refractivity contribution in [3.8, 4) is 0 Å². The normalized spacial score (nSPS) is 14.7. The van der Waals surface area contributed by atoms with Crippen LogP contribution in [-0.4, -0.2) is 285 Å². The van der Waals surface area contributed by atoms with E-state index in [1.165, 1.54) is 19.4 Å². The number of amides is 15. The number of aromatic nitrogens is 2. The van der Waals surface area contributed by atoms with E-state index in [1.807, 2.05) is 0 Å². The molecular formula is C61H106N22O23. The number of carboxylic acids is 2. The summed E-state index contributed by atoms with van der Waals surface area (Å²) in [5.41, 5.74) is 33.9. The minimum atomic E-state index is -1.89. The largest absolute Gasteiger partial charge is 0.481 e. The van der Waals surface area contributed by atoms with Gasteiger partial charge in [0.05, 0.1) is 52.3 Å².